The van der Waals surface area contributed by atoms with E-state index in [2.05, 4.69) is 4.98 Å². The number of pyridine rings is 1. The van der Waals surface area contributed by atoms with Gasteiger partial charge in [0, 0.05) is 13.0 Å². The Morgan fingerprint density at radius 3 is 2.80 bits per heavy atom. The third-order valence-electron chi connectivity index (χ3n) is 2.67. The lowest BCUT2D eigenvalue weighted by Gasteiger charge is -2.11. The molecule has 1 aromatic rings. The molecule has 80 valence electrons. The van der Waals surface area contributed by atoms with Crippen LogP contribution in [-0.2, 0) is 0 Å². The van der Waals surface area contributed by atoms with Crippen LogP contribution in [-0.4, -0.2) is 16.9 Å². The van der Waals surface area contributed by atoms with E-state index in [1.807, 2.05) is 12.1 Å². The van der Waals surface area contributed by atoms with Crippen LogP contribution in [0.5, 0.6) is 5.88 Å². The molecule has 0 spiro atoms. The van der Waals surface area contributed by atoms with Gasteiger partial charge in [0.25, 0.3) is 0 Å². The number of ketones is 1. The third kappa shape index (κ3) is 2.55. The van der Waals surface area contributed by atoms with Gasteiger partial charge in [0.1, 0.15) is 11.8 Å². The lowest BCUT2D eigenvalue weighted by Crippen LogP contribution is -2.12. The molecule has 1 aromatic heterocycles. The van der Waals surface area contributed by atoms with Crippen molar-refractivity contribution in [3.8, 4) is 5.88 Å². The fraction of sp³-hybridized carbons (Fsp3) is 0.500. The highest BCUT2D eigenvalue weighted by atomic mass is 16.5. The van der Waals surface area contributed by atoms with Crippen molar-refractivity contribution in [3.63, 3.8) is 0 Å². The van der Waals surface area contributed by atoms with Gasteiger partial charge < -0.3 is 4.74 Å². The van der Waals surface area contributed by atoms with Crippen molar-refractivity contribution in [1.29, 1.82) is 0 Å². The number of hydrogen-bond donors (Lipinski definition) is 0. The van der Waals surface area contributed by atoms with E-state index < -0.39 is 0 Å². The summed E-state index contributed by atoms with van der Waals surface area (Å²) in [6, 6.07) is 5.34. The van der Waals surface area contributed by atoms with Gasteiger partial charge in [0.2, 0.25) is 5.88 Å². The number of hydrogen-bond acceptors (Lipinski definition) is 3. The molecule has 0 bridgehead atoms. The van der Waals surface area contributed by atoms with E-state index in [0.29, 0.717) is 17.7 Å². The van der Waals surface area contributed by atoms with Crippen LogP contribution in [0.3, 0.4) is 0 Å². The second-order valence-electron chi connectivity index (χ2n) is 3.94. The zero-order valence-corrected chi connectivity index (χ0v) is 8.90. The molecule has 0 N–H and O–H groups in total. The molecule has 0 saturated heterocycles. The van der Waals surface area contributed by atoms with Gasteiger partial charge in [-0.2, -0.15) is 0 Å². The van der Waals surface area contributed by atoms with Crippen molar-refractivity contribution in [2.45, 2.75) is 38.7 Å². The molecule has 3 nitrogen and oxygen atoms in total. The van der Waals surface area contributed by atoms with Crippen LogP contribution in [0.15, 0.2) is 18.2 Å². The summed E-state index contributed by atoms with van der Waals surface area (Å²) in [6.45, 7) is 1.52. The van der Waals surface area contributed by atoms with Crippen LogP contribution in [0.1, 0.15) is 43.1 Å². The van der Waals surface area contributed by atoms with Crippen molar-refractivity contribution in [1.82, 2.24) is 4.98 Å². The maximum absolute atomic E-state index is 11.1. The smallest absolute Gasteiger partial charge is 0.214 e. The van der Waals surface area contributed by atoms with Crippen LogP contribution < -0.4 is 4.74 Å². The monoisotopic (exact) mass is 205 g/mol. The van der Waals surface area contributed by atoms with E-state index in [-0.39, 0.29) is 5.78 Å². The Kier molecular flexibility index (Phi) is 2.99. The minimum atomic E-state index is -0.0214. The molecule has 0 unspecified atom stereocenters. The average molecular weight is 205 g/mol. The van der Waals surface area contributed by atoms with Crippen molar-refractivity contribution < 1.29 is 9.53 Å². The summed E-state index contributed by atoms with van der Waals surface area (Å²) < 4.78 is 5.70. The lowest BCUT2D eigenvalue weighted by molar-refractivity contribution is 0.101. The molecule has 2 rings (SSSR count). The van der Waals surface area contributed by atoms with Crippen LogP contribution >= 0.6 is 0 Å². The quantitative estimate of drug-likeness (QED) is 0.712. The highest BCUT2D eigenvalue weighted by Gasteiger charge is 2.17. The first-order valence-electron chi connectivity index (χ1n) is 5.40. The van der Waals surface area contributed by atoms with Crippen LogP contribution in [0.25, 0.3) is 0 Å². The van der Waals surface area contributed by atoms with Gasteiger partial charge in [-0.3, -0.25) is 4.79 Å². The van der Waals surface area contributed by atoms with Crippen LogP contribution in [0, 0.1) is 0 Å². The zero-order chi connectivity index (χ0) is 10.7. The van der Waals surface area contributed by atoms with E-state index in [1.165, 1.54) is 19.8 Å². The van der Waals surface area contributed by atoms with Gasteiger partial charge in [0.05, 0.1) is 0 Å². The number of aromatic nitrogens is 1. The summed E-state index contributed by atoms with van der Waals surface area (Å²) in [6.07, 6.45) is 4.96. The first-order valence-corrected chi connectivity index (χ1v) is 5.40. The molecule has 1 saturated carbocycles. The molecular weight excluding hydrogens is 190 g/mol. The number of nitrogens with zero attached hydrogens (tertiary/aromatic N) is 1. The molecule has 1 heterocycles. The fourth-order valence-electron chi connectivity index (χ4n) is 1.85. The van der Waals surface area contributed by atoms with Gasteiger partial charge in [-0.25, -0.2) is 4.98 Å². The zero-order valence-electron chi connectivity index (χ0n) is 8.90. The maximum atomic E-state index is 11.1. The van der Waals surface area contributed by atoms with Crippen molar-refractivity contribution >= 4 is 5.78 Å². The standard InChI is InChI=1S/C12H15NO2/c1-9(14)11-7-4-8-12(13-11)15-10-5-2-3-6-10/h4,7-8,10H,2-3,5-6H2,1H3. The lowest BCUT2D eigenvalue weighted by atomic mass is 10.3. The molecule has 3 heteroatoms. The highest BCUT2D eigenvalue weighted by molar-refractivity contribution is 5.92. The summed E-state index contributed by atoms with van der Waals surface area (Å²) in [4.78, 5) is 15.3. The number of Topliss-reactive ketones (excluding diaryl/α,β-unsaturated/α-hetero) is 1. The summed E-state index contributed by atoms with van der Waals surface area (Å²) in [7, 11) is 0. The fourth-order valence-corrected chi connectivity index (χ4v) is 1.85. The molecular formula is C12H15NO2. The van der Waals surface area contributed by atoms with Crippen molar-refractivity contribution in [3.05, 3.63) is 23.9 Å². The Morgan fingerprint density at radius 1 is 1.40 bits per heavy atom. The molecule has 0 amide bonds. The molecule has 0 radical (unpaired) electrons. The number of ether oxygens (including phenoxy) is 1. The molecule has 1 aliphatic rings. The minimum Gasteiger partial charge on any atom is -0.474 e. The molecule has 0 atom stereocenters. The third-order valence-corrected chi connectivity index (χ3v) is 2.67. The Hall–Kier alpha value is -1.38. The summed E-state index contributed by atoms with van der Waals surface area (Å²) in [5, 5.41) is 0. The first kappa shape index (κ1) is 10.1. The Balaban J connectivity index is 2.07. The number of carbonyl (C=O) groups is 1. The topological polar surface area (TPSA) is 39.2 Å². The second-order valence-corrected chi connectivity index (χ2v) is 3.94. The largest absolute Gasteiger partial charge is 0.474 e. The van der Waals surface area contributed by atoms with Crippen molar-refractivity contribution in [2.24, 2.45) is 0 Å². The van der Waals surface area contributed by atoms with Crippen molar-refractivity contribution in [2.75, 3.05) is 0 Å². The molecule has 1 fully saturated rings. The maximum Gasteiger partial charge on any atom is 0.214 e. The second kappa shape index (κ2) is 4.43. The summed E-state index contributed by atoms with van der Waals surface area (Å²) in [5.74, 6) is 0.557. The van der Waals surface area contributed by atoms with Gasteiger partial charge >= 0.3 is 0 Å². The van der Waals surface area contributed by atoms with Crippen LogP contribution in [0.4, 0.5) is 0 Å². The molecule has 1 aliphatic carbocycles. The van der Waals surface area contributed by atoms with E-state index in [1.54, 1.807) is 6.07 Å². The Labute approximate surface area is 89.5 Å². The number of rotatable bonds is 3. The Morgan fingerprint density at radius 2 is 2.13 bits per heavy atom. The normalized spacial score (nSPS) is 16.6. The van der Waals surface area contributed by atoms with Gasteiger partial charge in [-0.15, -0.1) is 0 Å². The molecule has 0 aliphatic heterocycles. The summed E-state index contributed by atoms with van der Waals surface area (Å²) >= 11 is 0. The van der Waals surface area contributed by atoms with E-state index >= 15 is 0 Å². The highest BCUT2D eigenvalue weighted by Crippen LogP contribution is 2.22. The van der Waals surface area contributed by atoms with Gasteiger partial charge in [-0.1, -0.05) is 6.07 Å². The SMILES string of the molecule is CC(=O)c1cccc(OC2CCCC2)n1. The van der Waals surface area contributed by atoms with E-state index in [0.717, 1.165) is 12.8 Å². The first-order chi connectivity index (χ1) is 7.25. The summed E-state index contributed by atoms with van der Waals surface area (Å²) in [5.41, 5.74) is 0.477. The van der Waals surface area contributed by atoms with Crippen LogP contribution in [0.2, 0.25) is 0 Å². The minimum absolute atomic E-state index is 0.0214. The number of carbonyl (C=O) groups excluding carboxylic acids is 1. The predicted octanol–water partition coefficient (Wildman–Crippen LogP) is 2.61. The van der Waals surface area contributed by atoms with E-state index in [9.17, 15) is 4.79 Å². The van der Waals surface area contributed by atoms with E-state index in [4.69, 9.17) is 4.74 Å². The molecule has 15 heavy (non-hydrogen) atoms. The molecule has 0 aromatic carbocycles. The Bertz CT molecular complexity index is 356. The predicted molar refractivity (Wildman–Crippen MR) is 57.1 cm³/mol. The van der Waals surface area contributed by atoms with Gasteiger partial charge in [0.15, 0.2) is 5.78 Å². The van der Waals surface area contributed by atoms with Gasteiger partial charge in [-0.05, 0) is 31.7 Å². The average Bonchev–Trinajstić information content (AvgIpc) is 2.71.